The predicted molar refractivity (Wildman–Crippen MR) is 115 cm³/mol. The summed E-state index contributed by atoms with van der Waals surface area (Å²) in [4.78, 5) is 12.9. The molecule has 0 amide bonds. The fraction of sp³-hybridized carbons (Fsp3) is 0.708. The lowest BCUT2D eigenvalue weighted by Gasteiger charge is -2.42. The third-order valence-electron chi connectivity index (χ3n) is 6.64. The minimum absolute atomic E-state index is 0.197. The van der Waals surface area contributed by atoms with Crippen LogP contribution in [0.4, 0.5) is 0 Å². The molecular weight excluding hydrogens is 348 g/mol. The van der Waals surface area contributed by atoms with E-state index in [1.54, 1.807) is 0 Å². The molecule has 3 rings (SSSR count). The molecule has 0 radical (unpaired) electrons. The number of hydrogen-bond donors (Lipinski definition) is 2. The first-order chi connectivity index (χ1) is 13.7. The lowest BCUT2D eigenvalue weighted by atomic mass is 9.74. The molecule has 4 nitrogen and oxygen atoms in total. The molecule has 2 atom stereocenters. The summed E-state index contributed by atoms with van der Waals surface area (Å²) in [6.45, 7) is 5.81. The summed E-state index contributed by atoms with van der Waals surface area (Å²) in [6, 6.07) is 9.43. The first-order valence-electron chi connectivity index (χ1n) is 11.4. The van der Waals surface area contributed by atoms with E-state index < -0.39 is 5.60 Å². The molecular formula is C24H38N2O2. The van der Waals surface area contributed by atoms with Gasteiger partial charge in [-0.2, -0.15) is 0 Å². The number of ether oxygens (including phenoxy) is 1. The van der Waals surface area contributed by atoms with Crippen LogP contribution in [0, 0.1) is 11.8 Å². The van der Waals surface area contributed by atoms with Gasteiger partial charge in [0.15, 0.2) is 0 Å². The summed E-state index contributed by atoms with van der Waals surface area (Å²) in [5.41, 5.74) is 0.146. The number of carbonyl (C=O) groups excluding carboxylic acids is 1. The second kappa shape index (κ2) is 11.0. The van der Waals surface area contributed by atoms with Crippen molar-refractivity contribution < 1.29 is 9.53 Å². The predicted octanol–water partition coefficient (Wildman–Crippen LogP) is 4.55. The van der Waals surface area contributed by atoms with Crippen LogP contribution in [0.25, 0.3) is 0 Å². The van der Waals surface area contributed by atoms with E-state index in [0.717, 1.165) is 32.6 Å². The summed E-state index contributed by atoms with van der Waals surface area (Å²) in [5, 5.41) is 7.23. The number of rotatable bonds is 3. The maximum atomic E-state index is 12.9. The van der Waals surface area contributed by atoms with Crippen LogP contribution in [0.5, 0.6) is 0 Å². The summed E-state index contributed by atoms with van der Waals surface area (Å²) < 4.78 is 6.28. The highest BCUT2D eigenvalue weighted by atomic mass is 16.6. The van der Waals surface area contributed by atoms with E-state index in [1.807, 2.05) is 30.3 Å². The summed E-state index contributed by atoms with van der Waals surface area (Å²) in [7, 11) is 0. The highest BCUT2D eigenvalue weighted by Crippen LogP contribution is 2.36. The van der Waals surface area contributed by atoms with Gasteiger partial charge in [-0.15, -0.1) is 0 Å². The fourth-order valence-electron chi connectivity index (χ4n) is 4.97. The van der Waals surface area contributed by atoms with Gasteiger partial charge in [-0.1, -0.05) is 56.7 Å². The monoisotopic (exact) mass is 386 g/mol. The van der Waals surface area contributed by atoms with Crippen LogP contribution in [0.2, 0.25) is 0 Å². The third-order valence-corrected chi connectivity index (χ3v) is 6.64. The quantitative estimate of drug-likeness (QED) is 0.748. The van der Waals surface area contributed by atoms with Crippen molar-refractivity contribution in [2.75, 3.05) is 26.2 Å². The molecule has 0 aromatic heterocycles. The van der Waals surface area contributed by atoms with Crippen molar-refractivity contribution in [3.8, 4) is 0 Å². The highest BCUT2D eigenvalue weighted by Gasteiger charge is 2.42. The summed E-state index contributed by atoms with van der Waals surface area (Å²) in [6.07, 6.45) is 11.7. The summed E-state index contributed by atoms with van der Waals surface area (Å²) in [5.74, 6) is 0.750. The van der Waals surface area contributed by atoms with Gasteiger partial charge < -0.3 is 15.4 Å². The summed E-state index contributed by atoms with van der Waals surface area (Å²) >= 11 is 0. The Morgan fingerprint density at radius 1 is 0.929 bits per heavy atom. The van der Waals surface area contributed by atoms with Gasteiger partial charge in [0.25, 0.3) is 0 Å². The standard InChI is InChI=1S/C24H38N2O2/c1-24(28-23(27)21-14-9-6-10-15-21)19-26-17-11-16-25-18-22(24)20-12-7-4-2-3-5-8-13-20/h6,9-10,14-15,20,22,25-26H,2-5,7-8,11-13,16-19H2,1H3. The minimum atomic E-state index is -0.497. The van der Waals surface area contributed by atoms with Gasteiger partial charge in [-0.05, 0) is 57.3 Å². The lowest BCUT2D eigenvalue weighted by molar-refractivity contribution is -0.0559. The Hall–Kier alpha value is -1.39. The second-order valence-electron chi connectivity index (χ2n) is 8.87. The largest absolute Gasteiger partial charge is 0.454 e. The molecule has 2 unspecified atom stereocenters. The zero-order valence-electron chi connectivity index (χ0n) is 17.6. The van der Waals surface area contributed by atoms with E-state index in [2.05, 4.69) is 17.6 Å². The molecule has 1 aliphatic heterocycles. The van der Waals surface area contributed by atoms with Crippen LogP contribution in [0.15, 0.2) is 30.3 Å². The van der Waals surface area contributed by atoms with E-state index in [9.17, 15) is 4.79 Å². The molecule has 2 aliphatic rings. The van der Waals surface area contributed by atoms with Crippen LogP contribution < -0.4 is 10.6 Å². The van der Waals surface area contributed by atoms with Crippen LogP contribution >= 0.6 is 0 Å². The van der Waals surface area contributed by atoms with Gasteiger partial charge in [0.05, 0.1) is 5.56 Å². The van der Waals surface area contributed by atoms with Crippen molar-refractivity contribution in [3.63, 3.8) is 0 Å². The van der Waals surface area contributed by atoms with E-state index in [0.29, 0.717) is 17.4 Å². The number of esters is 1. The molecule has 1 heterocycles. The average molecular weight is 387 g/mol. The van der Waals surface area contributed by atoms with Gasteiger partial charge in [0.1, 0.15) is 5.60 Å². The number of hydrogen-bond acceptors (Lipinski definition) is 4. The van der Waals surface area contributed by atoms with Gasteiger partial charge >= 0.3 is 5.97 Å². The zero-order valence-corrected chi connectivity index (χ0v) is 17.6. The number of nitrogens with one attached hydrogen (secondary N) is 2. The Bertz CT molecular complexity index is 582. The average Bonchev–Trinajstić information content (AvgIpc) is 2.89. The van der Waals surface area contributed by atoms with Crippen molar-refractivity contribution in [2.24, 2.45) is 11.8 Å². The molecule has 1 saturated heterocycles. The van der Waals surface area contributed by atoms with Crippen molar-refractivity contribution in [3.05, 3.63) is 35.9 Å². The SMILES string of the molecule is CC1(OC(=O)c2ccccc2)CNCCCNCC1C1CCCCCCCC1. The van der Waals surface area contributed by atoms with Crippen molar-refractivity contribution in [1.29, 1.82) is 0 Å². The Morgan fingerprint density at radius 3 is 2.29 bits per heavy atom. The fourth-order valence-corrected chi connectivity index (χ4v) is 4.97. The molecule has 2 N–H and O–H groups in total. The van der Waals surface area contributed by atoms with Gasteiger partial charge in [-0.25, -0.2) is 4.79 Å². The van der Waals surface area contributed by atoms with Gasteiger partial charge in [0, 0.05) is 19.0 Å². The first-order valence-corrected chi connectivity index (χ1v) is 11.4. The van der Waals surface area contributed by atoms with Crippen molar-refractivity contribution in [2.45, 2.75) is 70.3 Å². The smallest absolute Gasteiger partial charge is 0.338 e. The second-order valence-corrected chi connectivity index (χ2v) is 8.87. The van der Waals surface area contributed by atoms with E-state index in [1.165, 1.54) is 51.4 Å². The minimum Gasteiger partial charge on any atom is -0.454 e. The third kappa shape index (κ3) is 6.05. The maximum absolute atomic E-state index is 12.9. The molecule has 1 aromatic carbocycles. The molecule has 1 aliphatic carbocycles. The van der Waals surface area contributed by atoms with E-state index in [-0.39, 0.29) is 5.97 Å². The van der Waals surface area contributed by atoms with Gasteiger partial charge in [-0.3, -0.25) is 0 Å². The van der Waals surface area contributed by atoms with Crippen molar-refractivity contribution >= 4 is 5.97 Å². The van der Waals surface area contributed by atoms with Crippen LogP contribution in [-0.4, -0.2) is 37.7 Å². The topological polar surface area (TPSA) is 50.4 Å². The lowest BCUT2D eigenvalue weighted by Crippen LogP contribution is -2.53. The molecule has 4 heteroatoms. The molecule has 0 spiro atoms. The van der Waals surface area contributed by atoms with Gasteiger partial charge in [0.2, 0.25) is 0 Å². The van der Waals surface area contributed by atoms with Crippen LogP contribution in [-0.2, 0) is 4.74 Å². The zero-order chi connectivity index (χ0) is 19.7. The highest BCUT2D eigenvalue weighted by molar-refractivity contribution is 5.89. The Balaban J connectivity index is 1.81. The first kappa shape index (κ1) is 21.3. The van der Waals surface area contributed by atoms with Crippen molar-refractivity contribution in [1.82, 2.24) is 10.6 Å². The Labute approximate surface area is 170 Å². The molecule has 1 aromatic rings. The maximum Gasteiger partial charge on any atom is 0.338 e. The van der Waals surface area contributed by atoms with Crippen LogP contribution in [0.3, 0.4) is 0 Å². The van der Waals surface area contributed by atoms with E-state index in [4.69, 9.17) is 4.74 Å². The Morgan fingerprint density at radius 2 is 1.57 bits per heavy atom. The number of carbonyl (C=O) groups is 1. The number of benzene rings is 1. The molecule has 28 heavy (non-hydrogen) atoms. The molecule has 1 saturated carbocycles. The Kier molecular flexibility index (Phi) is 8.35. The molecule has 0 bridgehead atoms. The molecule has 156 valence electrons. The normalized spacial score (nSPS) is 28.7. The van der Waals surface area contributed by atoms with Crippen LogP contribution in [0.1, 0.15) is 75.1 Å². The molecule has 2 fully saturated rings. The van der Waals surface area contributed by atoms with E-state index >= 15 is 0 Å².